The maximum Gasteiger partial charge on any atom is 0.228 e. The Morgan fingerprint density at radius 1 is 1.03 bits per heavy atom. The second kappa shape index (κ2) is 9.00. The summed E-state index contributed by atoms with van der Waals surface area (Å²) < 4.78 is 7.55. The Hall–Kier alpha value is -2.77. The number of fused-ring (bicyclic) bond motifs is 1. The van der Waals surface area contributed by atoms with Gasteiger partial charge in [-0.25, -0.2) is 9.97 Å². The van der Waals surface area contributed by atoms with Crippen LogP contribution in [0.4, 0.5) is 5.82 Å². The molecule has 5 rings (SSSR count). The zero-order valence-corrected chi connectivity index (χ0v) is 18.9. The number of nitrogens with zero attached hydrogens (tertiary/aromatic N) is 4. The van der Waals surface area contributed by atoms with Gasteiger partial charge in [-0.2, -0.15) is 0 Å². The molecule has 32 heavy (non-hydrogen) atoms. The van der Waals surface area contributed by atoms with Gasteiger partial charge in [0.2, 0.25) is 5.91 Å². The van der Waals surface area contributed by atoms with Crippen molar-refractivity contribution in [3.05, 3.63) is 42.5 Å². The van der Waals surface area contributed by atoms with E-state index in [2.05, 4.69) is 43.0 Å². The molecule has 0 atom stereocenters. The largest absolute Gasteiger partial charge is 0.379 e. The van der Waals surface area contributed by atoms with Crippen LogP contribution < -0.4 is 5.32 Å². The fraction of sp³-hybridized carbons (Fsp3) is 0.480. The third kappa shape index (κ3) is 4.27. The summed E-state index contributed by atoms with van der Waals surface area (Å²) in [6, 6.07) is 8.86. The van der Waals surface area contributed by atoms with E-state index < -0.39 is 0 Å². The predicted molar refractivity (Wildman–Crippen MR) is 125 cm³/mol. The Morgan fingerprint density at radius 2 is 1.81 bits per heavy atom. The van der Waals surface area contributed by atoms with Crippen LogP contribution in [0.3, 0.4) is 0 Å². The average Bonchev–Trinajstić information content (AvgIpc) is 3.17. The van der Waals surface area contributed by atoms with Gasteiger partial charge < -0.3 is 14.6 Å². The van der Waals surface area contributed by atoms with Gasteiger partial charge in [-0.15, -0.1) is 0 Å². The number of ether oxygens (including phenoxy) is 1. The van der Waals surface area contributed by atoms with Crippen LogP contribution in [0.15, 0.2) is 36.7 Å². The van der Waals surface area contributed by atoms with Gasteiger partial charge in [0.1, 0.15) is 11.6 Å². The molecule has 1 amide bonds. The van der Waals surface area contributed by atoms with E-state index in [1.807, 2.05) is 32.4 Å². The Labute approximate surface area is 188 Å². The number of carbonyl (C=O) groups is 1. The number of carbonyl (C=O) groups excluding carboxylic acids is 1. The van der Waals surface area contributed by atoms with Crippen LogP contribution in [-0.4, -0.2) is 57.7 Å². The number of pyridine rings is 1. The zero-order chi connectivity index (χ0) is 22.1. The normalized spacial score (nSPS) is 22.2. The molecular weight excluding hydrogens is 402 g/mol. The van der Waals surface area contributed by atoms with Gasteiger partial charge in [-0.3, -0.25) is 9.69 Å². The number of hydrogen-bond acceptors (Lipinski definition) is 5. The number of rotatable bonds is 4. The molecule has 1 N–H and O–H groups in total. The molecule has 7 nitrogen and oxygen atoms in total. The summed E-state index contributed by atoms with van der Waals surface area (Å²) in [5.41, 5.74) is 2.18. The Balaban J connectivity index is 1.25. The molecule has 3 heterocycles. The molecule has 3 aromatic rings. The van der Waals surface area contributed by atoms with Crippen LogP contribution in [0, 0.1) is 12.8 Å². The lowest BCUT2D eigenvalue weighted by Crippen LogP contribution is -2.45. The van der Waals surface area contributed by atoms with Gasteiger partial charge in [0.05, 0.1) is 25.1 Å². The molecule has 1 aliphatic carbocycles. The third-order valence-corrected chi connectivity index (χ3v) is 7.12. The predicted octanol–water partition coefficient (Wildman–Crippen LogP) is 3.77. The summed E-state index contributed by atoms with van der Waals surface area (Å²) in [4.78, 5) is 24.3. The number of aromatic nitrogens is 3. The highest BCUT2D eigenvalue weighted by Crippen LogP contribution is 2.30. The Morgan fingerprint density at radius 3 is 2.53 bits per heavy atom. The van der Waals surface area contributed by atoms with Crippen LogP contribution in [-0.2, 0) is 16.6 Å². The molecule has 2 aliphatic rings. The number of aryl methyl sites for hydroxylation is 1. The number of morpholine rings is 1. The number of nitrogens with one attached hydrogen (secondary N) is 1. The van der Waals surface area contributed by atoms with Crippen molar-refractivity contribution in [2.24, 2.45) is 13.0 Å². The first-order valence-electron chi connectivity index (χ1n) is 11.6. The molecule has 7 heteroatoms. The first-order valence-corrected chi connectivity index (χ1v) is 11.6. The van der Waals surface area contributed by atoms with Gasteiger partial charge >= 0.3 is 0 Å². The fourth-order valence-electron chi connectivity index (χ4n) is 5.01. The molecule has 0 unspecified atom stereocenters. The molecule has 2 fully saturated rings. The standard InChI is InChI=1S/C25H31N5O2/c1-17-26-16-23(29(17)2)19-3-4-20-15-27-24(14-21(20)13-19)28-25(31)18-5-7-22(8-6-18)30-9-11-32-12-10-30/h3-4,13-16,18,22H,5-12H2,1-2H3,(H,27,28,31)/t18-,22-. The summed E-state index contributed by atoms with van der Waals surface area (Å²) in [5, 5.41) is 5.18. The lowest BCUT2D eigenvalue weighted by atomic mass is 9.84. The Kier molecular flexibility index (Phi) is 5.93. The van der Waals surface area contributed by atoms with Crippen LogP contribution in [0.2, 0.25) is 0 Å². The van der Waals surface area contributed by atoms with E-state index in [0.717, 1.165) is 79.8 Å². The van der Waals surface area contributed by atoms with E-state index in [9.17, 15) is 4.79 Å². The molecule has 0 radical (unpaired) electrons. The van der Waals surface area contributed by atoms with Gasteiger partial charge in [0.25, 0.3) is 0 Å². The van der Waals surface area contributed by atoms with Crippen LogP contribution in [0.25, 0.3) is 22.0 Å². The van der Waals surface area contributed by atoms with Gasteiger partial charge in [0, 0.05) is 49.2 Å². The van der Waals surface area contributed by atoms with Crippen LogP contribution in [0.5, 0.6) is 0 Å². The molecule has 0 spiro atoms. The third-order valence-electron chi connectivity index (χ3n) is 7.12. The molecule has 1 saturated heterocycles. The molecule has 1 aromatic carbocycles. The summed E-state index contributed by atoms with van der Waals surface area (Å²) in [6.45, 7) is 5.69. The maximum absolute atomic E-state index is 12.9. The van der Waals surface area contributed by atoms with Crippen molar-refractivity contribution in [1.29, 1.82) is 0 Å². The van der Waals surface area contributed by atoms with E-state index in [1.54, 1.807) is 0 Å². The smallest absolute Gasteiger partial charge is 0.228 e. The summed E-state index contributed by atoms with van der Waals surface area (Å²) in [5.74, 6) is 1.76. The van der Waals surface area contributed by atoms with Crippen molar-refractivity contribution < 1.29 is 9.53 Å². The van der Waals surface area contributed by atoms with Crippen LogP contribution >= 0.6 is 0 Å². The molecule has 168 valence electrons. The van der Waals surface area contributed by atoms with Crippen molar-refractivity contribution >= 4 is 22.5 Å². The molecule has 0 bridgehead atoms. The highest BCUT2D eigenvalue weighted by molar-refractivity contribution is 5.95. The number of anilines is 1. The van der Waals surface area contributed by atoms with Crippen molar-refractivity contribution in [3.8, 4) is 11.3 Å². The minimum atomic E-state index is 0.0635. The van der Waals surface area contributed by atoms with E-state index in [1.165, 1.54) is 0 Å². The topological polar surface area (TPSA) is 72.3 Å². The highest BCUT2D eigenvalue weighted by Gasteiger charge is 2.30. The van der Waals surface area contributed by atoms with Crippen molar-refractivity contribution in [2.75, 3.05) is 31.6 Å². The summed E-state index contributed by atoms with van der Waals surface area (Å²) >= 11 is 0. The number of benzene rings is 1. The number of imidazole rings is 1. The van der Waals surface area contributed by atoms with E-state index in [4.69, 9.17) is 4.74 Å². The minimum absolute atomic E-state index is 0.0635. The molecule has 1 saturated carbocycles. The molecule has 2 aromatic heterocycles. The second-order valence-electron chi connectivity index (χ2n) is 9.02. The minimum Gasteiger partial charge on any atom is -0.379 e. The quantitative estimate of drug-likeness (QED) is 0.678. The Bertz CT molecular complexity index is 1110. The number of hydrogen-bond donors (Lipinski definition) is 1. The average molecular weight is 434 g/mol. The van der Waals surface area contributed by atoms with Gasteiger partial charge in [-0.1, -0.05) is 12.1 Å². The second-order valence-corrected chi connectivity index (χ2v) is 9.02. The monoisotopic (exact) mass is 433 g/mol. The number of amides is 1. The van der Waals surface area contributed by atoms with E-state index in [0.29, 0.717) is 11.9 Å². The summed E-state index contributed by atoms with van der Waals surface area (Å²) in [7, 11) is 2.02. The fourth-order valence-corrected chi connectivity index (χ4v) is 5.01. The molecule has 1 aliphatic heterocycles. The lowest BCUT2D eigenvalue weighted by Gasteiger charge is -2.38. The highest BCUT2D eigenvalue weighted by atomic mass is 16.5. The van der Waals surface area contributed by atoms with E-state index in [-0.39, 0.29) is 11.8 Å². The van der Waals surface area contributed by atoms with Gasteiger partial charge in [-0.05, 0) is 50.1 Å². The zero-order valence-electron chi connectivity index (χ0n) is 18.9. The van der Waals surface area contributed by atoms with Gasteiger partial charge in [0.15, 0.2) is 0 Å². The lowest BCUT2D eigenvalue weighted by molar-refractivity contribution is -0.121. The van der Waals surface area contributed by atoms with Crippen LogP contribution in [0.1, 0.15) is 31.5 Å². The summed E-state index contributed by atoms with van der Waals surface area (Å²) in [6.07, 6.45) is 7.76. The van der Waals surface area contributed by atoms with Crippen molar-refractivity contribution in [2.45, 2.75) is 38.6 Å². The van der Waals surface area contributed by atoms with Crippen molar-refractivity contribution in [1.82, 2.24) is 19.4 Å². The van der Waals surface area contributed by atoms with E-state index >= 15 is 0 Å². The first kappa shape index (κ1) is 21.1. The molecular formula is C25H31N5O2. The maximum atomic E-state index is 12.9. The van der Waals surface area contributed by atoms with Crippen molar-refractivity contribution in [3.63, 3.8) is 0 Å². The SMILES string of the molecule is Cc1ncc(-c2ccc3cnc(NC(=O)[C@H]4CC[C@H](N5CCOCC5)CC4)cc3c2)n1C. The first-order chi connectivity index (χ1) is 15.6.